The van der Waals surface area contributed by atoms with Crippen LogP contribution in [-0.2, 0) is 0 Å². The highest BCUT2D eigenvalue weighted by Gasteiger charge is 2.07. The van der Waals surface area contributed by atoms with Gasteiger partial charge in [-0.15, -0.1) is 0 Å². The number of rotatable bonds is 1. The Balaban J connectivity index is 3.20. The first-order valence-corrected chi connectivity index (χ1v) is 5.53. The summed E-state index contributed by atoms with van der Waals surface area (Å²) in [5, 5.41) is 0.682. The van der Waals surface area contributed by atoms with E-state index in [-0.39, 0.29) is 11.9 Å². The lowest BCUT2D eigenvalue weighted by atomic mass is 10.3. The van der Waals surface area contributed by atoms with E-state index in [1.165, 1.54) is 0 Å². The minimum Gasteiger partial charge on any atom is -0.370 e. The summed E-state index contributed by atoms with van der Waals surface area (Å²) in [6, 6.07) is 3.27. The predicted molar refractivity (Wildman–Crippen MR) is 71.3 cm³/mol. The van der Waals surface area contributed by atoms with Crippen molar-refractivity contribution in [2.24, 2.45) is 27.2 Å². The maximum Gasteiger partial charge on any atom is 0.223 e. The molecule has 1 rings (SSSR count). The Morgan fingerprint density at radius 1 is 1.12 bits per heavy atom. The Morgan fingerprint density at radius 3 is 2.06 bits per heavy atom. The standard InChI is InChI=1S/C8H8BrCl2N5/c9-3-1-4(10)6(5(11)2-3)15-8(14)16-7(12)13/h1-2H,(H6,12,13,14,15,16). The van der Waals surface area contributed by atoms with Crippen LogP contribution in [0.1, 0.15) is 0 Å². The molecule has 0 aliphatic rings. The van der Waals surface area contributed by atoms with Crippen molar-refractivity contribution >= 4 is 56.7 Å². The number of benzene rings is 1. The topological polar surface area (TPSA) is 103 Å². The Bertz CT molecular complexity index is 444. The molecule has 0 aromatic heterocycles. The molecule has 0 unspecified atom stereocenters. The van der Waals surface area contributed by atoms with Crippen molar-refractivity contribution in [2.45, 2.75) is 0 Å². The number of guanidine groups is 2. The summed E-state index contributed by atoms with van der Waals surface area (Å²) in [7, 11) is 0. The van der Waals surface area contributed by atoms with Gasteiger partial charge in [0, 0.05) is 4.47 Å². The number of nitrogens with two attached hydrogens (primary N) is 3. The van der Waals surface area contributed by atoms with Gasteiger partial charge >= 0.3 is 0 Å². The first-order chi connectivity index (χ1) is 7.40. The molecule has 1 aromatic rings. The second-order valence-corrected chi connectivity index (χ2v) is 4.45. The lowest BCUT2D eigenvalue weighted by Crippen LogP contribution is -2.26. The fourth-order valence-corrected chi connectivity index (χ4v) is 2.21. The lowest BCUT2D eigenvalue weighted by molar-refractivity contribution is 1.38. The molecule has 0 saturated carbocycles. The molecule has 86 valence electrons. The van der Waals surface area contributed by atoms with Gasteiger partial charge in [0.1, 0.15) is 5.69 Å². The van der Waals surface area contributed by atoms with Gasteiger partial charge < -0.3 is 17.2 Å². The smallest absolute Gasteiger partial charge is 0.223 e. The summed E-state index contributed by atoms with van der Waals surface area (Å²) in [6.45, 7) is 0. The Hall–Kier alpha value is -0.980. The van der Waals surface area contributed by atoms with Crippen LogP contribution in [0, 0.1) is 0 Å². The Morgan fingerprint density at radius 2 is 1.62 bits per heavy atom. The molecule has 0 amide bonds. The van der Waals surface area contributed by atoms with Crippen LogP contribution in [-0.4, -0.2) is 11.9 Å². The van der Waals surface area contributed by atoms with Crippen LogP contribution >= 0.6 is 39.1 Å². The van der Waals surface area contributed by atoms with Gasteiger partial charge in [-0.3, -0.25) is 0 Å². The third-order valence-electron chi connectivity index (χ3n) is 1.45. The fourth-order valence-electron chi connectivity index (χ4n) is 0.913. The maximum atomic E-state index is 5.93. The van der Waals surface area contributed by atoms with E-state index in [1.807, 2.05) is 0 Å². The molecule has 0 saturated heterocycles. The SMILES string of the molecule is NC(N)=NC(N)=Nc1c(Cl)cc(Br)cc1Cl. The monoisotopic (exact) mass is 323 g/mol. The van der Waals surface area contributed by atoms with Crippen LogP contribution in [0.4, 0.5) is 5.69 Å². The highest BCUT2D eigenvalue weighted by atomic mass is 79.9. The average Bonchev–Trinajstić information content (AvgIpc) is 2.09. The summed E-state index contributed by atoms with van der Waals surface area (Å²) in [6.07, 6.45) is 0. The molecule has 0 aliphatic carbocycles. The minimum absolute atomic E-state index is 0.119. The van der Waals surface area contributed by atoms with Gasteiger partial charge in [0.25, 0.3) is 0 Å². The third-order valence-corrected chi connectivity index (χ3v) is 2.49. The van der Waals surface area contributed by atoms with Crippen LogP contribution in [0.2, 0.25) is 10.0 Å². The molecule has 16 heavy (non-hydrogen) atoms. The van der Waals surface area contributed by atoms with Gasteiger partial charge in [0.15, 0.2) is 5.96 Å². The van der Waals surface area contributed by atoms with Crippen molar-refractivity contribution in [1.29, 1.82) is 0 Å². The molecule has 0 bridgehead atoms. The quantitative estimate of drug-likeness (QED) is 0.543. The summed E-state index contributed by atoms with van der Waals surface area (Å²) < 4.78 is 0.738. The fraction of sp³-hybridized carbons (Fsp3) is 0. The van der Waals surface area contributed by atoms with E-state index in [0.717, 1.165) is 4.47 Å². The molecular weight excluding hydrogens is 317 g/mol. The highest BCUT2D eigenvalue weighted by Crippen LogP contribution is 2.35. The van der Waals surface area contributed by atoms with Gasteiger partial charge in [-0.1, -0.05) is 39.1 Å². The summed E-state index contributed by atoms with van der Waals surface area (Å²) in [5.41, 5.74) is 16.1. The first kappa shape index (κ1) is 13.1. The zero-order chi connectivity index (χ0) is 12.3. The van der Waals surface area contributed by atoms with Crippen LogP contribution in [0.25, 0.3) is 0 Å². The molecule has 0 radical (unpaired) electrons. The average molecular weight is 325 g/mol. The predicted octanol–water partition coefficient (Wildman–Crippen LogP) is 1.98. The number of aliphatic imine (C=N–C) groups is 2. The summed E-state index contributed by atoms with van der Waals surface area (Å²) in [4.78, 5) is 7.45. The first-order valence-electron chi connectivity index (χ1n) is 3.98. The summed E-state index contributed by atoms with van der Waals surface area (Å²) in [5.74, 6) is -0.309. The van der Waals surface area contributed by atoms with E-state index in [2.05, 4.69) is 25.9 Å². The van der Waals surface area contributed by atoms with Gasteiger partial charge in [-0.05, 0) is 12.1 Å². The number of hydrogen-bond donors (Lipinski definition) is 3. The van der Waals surface area contributed by atoms with Gasteiger partial charge in [0.2, 0.25) is 5.96 Å². The van der Waals surface area contributed by atoms with E-state index in [4.69, 9.17) is 40.4 Å². The van der Waals surface area contributed by atoms with E-state index < -0.39 is 0 Å². The van der Waals surface area contributed by atoms with Crippen LogP contribution in [0.3, 0.4) is 0 Å². The maximum absolute atomic E-state index is 5.93. The third kappa shape index (κ3) is 3.55. The van der Waals surface area contributed by atoms with Crippen LogP contribution in [0.5, 0.6) is 0 Å². The summed E-state index contributed by atoms with van der Waals surface area (Å²) >= 11 is 15.1. The van der Waals surface area contributed by atoms with Crippen LogP contribution < -0.4 is 17.2 Å². The van der Waals surface area contributed by atoms with Crippen molar-refractivity contribution < 1.29 is 0 Å². The van der Waals surface area contributed by atoms with Gasteiger partial charge in [0.05, 0.1) is 10.0 Å². The largest absolute Gasteiger partial charge is 0.370 e. The van der Waals surface area contributed by atoms with E-state index in [1.54, 1.807) is 12.1 Å². The molecule has 1 aromatic carbocycles. The van der Waals surface area contributed by atoms with Crippen LogP contribution in [0.15, 0.2) is 26.6 Å². The lowest BCUT2D eigenvalue weighted by Gasteiger charge is -2.03. The molecule has 0 fully saturated rings. The normalized spacial score (nSPS) is 11.3. The molecule has 5 nitrogen and oxygen atoms in total. The number of halogens is 3. The van der Waals surface area contributed by atoms with Crippen molar-refractivity contribution in [2.75, 3.05) is 0 Å². The van der Waals surface area contributed by atoms with E-state index >= 15 is 0 Å². The molecular formula is C8H8BrCl2N5. The minimum atomic E-state index is -0.189. The van der Waals surface area contributed by atoms with Gasteiger partial charge in [-0.2, -0.15) is 4.99 Å². The Labute approximate surface area is 110 Å². The molecule has 0 spiro atoms. The highest BCUT2D eigenvalue weighted by molar-refractivity contribution is 9.10. The molecule has 8 heteroatoms. The second kappa shape index (κ2) is 5.38. The van der Waals surface area contributed by atoms with E-state index in [0.29, 0.717) is 15.7 Å². The van der Waals surface area contributed by atoms with Crippen molar-refractivity contribution in [3.05, 3.63) is 26.7 Å². The molecule has 0 aliphatic heterocycles. The number of hydrogen-bond acceptors (Lipinski definition) is 1. The van der Waals surface area contributed by atoms with Crippen molar-refractivity contribution in [1.82, 2.24) is 0 Å². The molecule has 0 atom stereocenters. The molecule has 0 heterocycles. The van der Waals surface area contributed by atoms with Gasteiger partial charge in [-0.25, -0.2) is 4.99 Å². The molecule has 6 N–H and O–H groups in total. The van der Waals surface area contributed by atoms with Crippen molar-refractivity contribution in [3.63, 3.8) is 0 Å². The van der Waals surface area contributed by atoms with E-state index in [9.17, 15) is 0 Å². The Kier molecular flexibility index (Phi) is 4.40. The number of nitrogens with zero attached hydrogens (tertiary/aromatic N) is 2. The second-order valence-electron chi connectivity index (χ2n) is 2.72. The van der Waals surface area contributed by atoms with Crippen molar-refractivity contribution in [3.8, 4) is 0 Å². The zero-order valence-corrected chi connectivity index (χ0v) is 11.0. The zero-order valence-electron chi connectivity index (χ0n) is 7.92.